The molecule has 2 rings (SSSR count). The number of nitrogens with two attached hydrogens (primary N) is 1. The van der Waals surface area contributed by atoms with Crippen LogP contribution in [0.4, 0.5) is 0 Å². The number of nitrogens with zero attached hydrogens (tertiary/aromatic N) is 1. The van der Waals surface area contributed by atoms with Crippen LogP contribution in [0.1, 0.15) is 5.56 Å². The van der Waals surface area contributed by atoms with Crippen LogP contribution in [-0.2, 0) is 6.54 Å². The van der Waals surface area contributed by atoms with E-state index < -0.39 is 0 Å². The Morgan fingerprint density at radius 3 is 2.71 bits per heavy atom. The van der Waals surface area contributed by atoms with Crippen LogP contribution < -0.4 is 11.3 Å². The van der Waals surface area contributed by atoms with Crippen molar-refractivity contribution < 1.29 is 4.52 Å². The first kappa shape index (κ1) is 8.77. The van der Waals surface area contributed by atoms with Gasteiger partial charge in [-0.05, 0) is 11.6 Å². The summed E-state index contributed by atoms with van der Waals surface area (Å²) < 4.78 is 6.27. The summed E-state index contributed by atoms with van der Waals surface area (Å²) in [5.41, 5.74) is 6.94. The fourth-order valence-corrected chi connectivity index (χ4v) is 1.33. The van der Waals surface area contributed by atoms with E-state index in [2.05, 4.69) is 0 Å². The summed E-state index contributed by atoms with van der Waals surface area (Å²) >= 11 is 0. The van der Waals surface area contributed by atoms with Crippen molar-refractivity contribution in [2.75, 3.05) is 0 Å². The van der Waals surface area contributed by atoms with Gasteiger partial charge in [0, 0.05) is 12.6 Å². The Balaban J connectivity index is 2.62. The van der Waals surface area contributed by atoms with Gasteiger partial charge in [0.05, 0.1) is 5.69 Å². The topological polar surface area (TPSA) is 61.2 Å². The molecule has 0 aliphatic rings. The Morgan fingerprint density at radius 1 is 1.29 bits per heavy atom. The fraction of sp³-hybridized carbons (Fsp3) is 0.100. The summed E-state index contributed by atoms with van der Waals surface area (Å²) in [7, 11) is 0. The van der Waals surface area contributed by atoms with E-state index in [1.807, 2.05) is 18.2 Å². The molecular weight excluding hydrogens is 180 g/mol. The van der Waals surface area contributed by atoms with Crippen LogP contribution in [0.25, 0.3) is 5.69 Å². The van der Waals surface area contributed by atoms with Crippen LogP contribution in [0.2, 0.25) is 0 Å². The van der Waals surface area contributed by atoms with E-state index in [-0.39, 0.29) is 5.56 Å². The third kappa shape index (κ3) is 1.36. The largest absolute Gasteiger partial charge is 0.379 e. The molecule has 2 N–H and O–H groups in total. The second kappa shape index (κ2) is 3.51. The highest BCUT2D eigenvalue weighted by Crippen LogP contribution is 2.11. The van der Waals surface area contributed by atoms with Gasteiger partial charge in [0.15, 0.2) is 0 Å². The predicted octanol–water partition coefficient (Wildman–Crippen LogP) is 0.889. The van der Waals surface area contributed by atoms with Gasteiger partial charge in [-0.2, -0.15) is 0 Å². The van der Waals surface area contributed by atoms with Crippen molar-refractivity contribution in [3.8, 4) is 5.69 Å². The van der Waals surface area contributed by atoms with Gasteiger partial charge in [-0.1, -0.05) is 18.2 Å². The number of hydrogen-bond donors (Lipinski definition) is 1. The minimum absolute atomic E-state index is 0.189. The van der Waals surface area contributed by atoms with E-state index in [0.717, 1.165) is 5.56 Å². The summed E-state index contributed by atoms with van der Waals surface area (Å²) in [6, 6.07) is 8.74. The fourth-order valence-electron chi connectivity index (χ4n) is 1.33. The molecule has 2 aromatic rings. The summed E-state index contributed by atoms with van der Waals surface area (Å²) in [5.74, 6) is 0. The molecule has 0 aliphatic carbocycles. The third-order valence-corrected chi connectivity index (χ3v) is 2.01. The molecule has 0 saturated heterocycles. The maximum Gasteiger partial charge on any atom is 0.287 e. The maximum atomic E-state index is 11.3. The van der Waals surface area contributed by atoms with Crippen LogP contribution in [0.5, 0.6) is 0 Å². The monoisotopic (exact) mass is 190 g/mol. The number of hydrogen-bond acceptors (Lipinski definition) is 3. The predicted molar refractivity (Wildman–Crippen MR) is 52.2 cm³/mol. The molecule has 0 saturated carbocycles. The lowest BCUT2D eigenvalue weighted by molar-refractivity contribution is 0.338. The molecule has 0 fully saturated rings. The van der Waals surface area contributed by atoms with Crippen LogP contribution in [-0.4, -0.2) is 4.74 Å². The van der Waals surface area contributed by atoms with Crippen molar-refractivity contribution in [3.63, 3.8) is 0 Å². The van der Waals surface area contributed by atoms with Gasteiger partial charge >= 0.3 is 0 Å². The molecule has 1 aromatic carbocycles. The number of aromatic nitrogens is 1. The van der Waals surface area contributed by atoms with Gasteiger partial charge in [0.2, 0.25) is 0 Å². The van der Waals surface area contributed by atoms with Gasteiger partial charge in [0.25, 0.3) is 5.56 Å². The minimum Gasteiger partial charge on any atom is -0.379 e. The highest BCUT2D eigenvalue weighted by Gasteiger charge is 2.05. The molecule has 0 aliphatic heterocycles. The summed E-state index contributed by atoms with van der Waals surface area (Å²) in [4.78, 5) is 11.3. The van der Waals surface area contributed by atoms with Crippen molar-refractivity contribution >= 4 is 0 Å². The van der Waals surface area contributed by atoms with Gasteiger partial charge in [-0.3, -0.25) is 4.79 Å². The van der Waals surface area contributed by atoms with Crippen molar-refractivity contribution in [1.29, 1.82) is 0 Å². The Kier molecular flexibility index (Phi) is 2.20. The Labute approximate surface area is 80.5 Å². The van der Waals surface area contributed by atoms with Crippen LogP contribution in [0.15, 0.2) is 45.9 Å². The standard InChI is InChI=1S/C10H10N2O2/c11-7-8-3-1-2-4-9(8)12-10(13)5-6-14-12/h1-6H,7,11H2. The van der Waals surface area contributed by atoms with Crippen molar-refractivity contribution in [2.24, 2.45) is 5.73 Å². The minimum atomic E-state index is -0.189. The molecule has 0 amide bonds. The molecule has 14 heavy (non-hydrogen) atoms. The Bertz CT molecular complexity index is 485. The normalized spacial score (nSPS) is 10.4. The zero-order valence-electron chi connectivity index (χ0n) is 7.51. The SMILES string of the molecule is NCc1ccccc1-n1occc1=O. The summed E-state index contributed by atoms with van der Waals surface area (Å²) in [6.07, 6.45) is 1.36. The molecule has 1 aromatic heterocycles. The molecule has 0 spiro atoms. The maximum absolute atomic E-state index is 11.3. The first-order chi connectivity index (χ1) is 6.83. The van der Waals surface area contributed by atoms with Crippen LogP contribution in [0, 0.1) is 0 Å². The molecule has 4 heteroatoms. The Morgan fingerprint density at radius 2 is 2.07 bits per heavy atom. The van der Waals surface area contributed by atoms with E-state index in [1.165, 1.54) is 17.1 Å². The highest BCUT2D eigenvalue weighted by molar-refractivity contribution is 5.39. The lowest BCUT2D eigenvalue weighted by Gasteiger charge is -2.04. The van der Waals surface area contributed by atoms with E-state index in [1.54, 1.807) is 6.07 Å². The summed E-state index contributed by atoms with van der Waals surface area (Å²) in [5, 5.41) is 0. The van der Waals surface area contributed by atoms with Crippen molar-refractivity contribution in [2.45, 2.75) is 6.54 Å². The van der Waals surface area contributed by atoms with E-state index in [9.17, 15) is 4.79 Å². The number of benzene rings is 1. The Hall–Kier alpha value is -1.81. The number of para-hydroxylation sites is 1. The second-order valence-corrected chi connectivity index (χ2v) is 2.87. The van der Waals surface area contributed by atoms with Crippen LogP contribution in [0.3, 0.4) is 0 Å². The molecular formula is C10H10N2O2. The van der Waals surface area contributed by atoms with Gasteiger partial charge in [-0.15, -0.1) is 4.74 Å². The first-order valence-electron chi connectivity index (χ1n) is 4.28. The lowest BCUT2D eigenvalue weighted by atomic mass is 10.2. The molecule has 72 valence electrons. The number of rotatable bonds is 2. The highest BCUT2D eigenvalue weighted by atomic mass is 16.5. The van der Waals surface area contributed by atoms with Crippen molar-refractivity contribution in [1.82, 2.24) is 4.74 Å². The molecule has 0 radical (unpaired) electrons. The first-order valence-corrected chi connectivity index (χ1v) is 4.28. The smallest absolute Gasteiger partial charge is 0.287 e. The van der Waals surface area contributed by atoms with E-state index in [0.29, 0.717) is 12.2 Å². The van der Waals surface area contributed by atoms with Crippen LogP contribution >= 0.6 is 0 Å². The molecule has 0 atom stereocenters. The molecule has 0 bridgehead atoms. The van der Waals surface area contributed by atoms with Gasteiger partial charge in [-0.25, -0.2) is 0 Å². The lowest BCUT2D eigenvalue weighted by Crippen LogP contribution is -2.14. The van der Waals surface area contributed by atoms with Gasteiger partial charge in [0.1, 0.15) is 6.26 Å². The third-order valence-electron chi connectivity index (χ3n) is 2.01. The van der Waals surface area contributed by atoms with Crippen molar-refractivity contribution in [3.05, 3.63) is 52.5 Å². The molecule has 4 nitrogen and oxygen atoms in total. The summed E-state index contributed by atoms with van der Waals surface area (Å²) in [6.45, 7) is 0.378. The second-order valence-electron chi connectivity index (χ2n) is 2.87. The van der Waals surface area contributed by atoms with E-state index >= 15 is 0 Å². The molecule has 0 unspecified atom stereocenters. The zero-order valence-corrected chi connectivity index (χ0v) is 7.51. The average molecular weight is 190 g/mol. The quantitative estimate of drug-likeness (QED) is 0.764. The van der Waals surface area contributed by atoms with E-state index in [4.69, 9.17) is 10.3 Å². The van der Waals surface area contributed by atoms with Gasteiger partial charge < -0.3 is 10.3 Å². The molecule has 1 heterocycles. The zero-order chi connectivity index (χ0) is 9.97. The average Bonchev–Trinajstić information content (AvgIpc) is 2.64.